The summed E-state index contributed by atoms with van der Waals surface area (Å²) >= 11 is 0. The first-order valence-electron chi connectivity index (χ1n) is 7.56. The monoisotopic (exact) mass is 343 g/mol. The second kappa shape index (κ2) is 8.40. The normalized spacial score (nSPS) is 12.2. The van der Waals surface area contributed by atoms with Crippen molar-refractivity contribution < 1.29 is 22.1 Å². The maximum Gasteiger partial charge on any atom is 0.306 e. The van der Waals surface area contributed by atoms with E-state index in [1.165, 1.54) is 0 Å². The molecule has 1 heterocycles. The molecule has 0 spiro atoms. The Hall–Kier alpha value is -1.47. The third-order valence-electron chi connectivity index (χ3n) is 2.77. The highest BCUT2D eigenvalue weighted by Crippen LogP contribution is 2.11. The molecule has 0 N–H and O–H groups in total. The zero-order valence-electron chi connectivity index (χ0n) is 14.2. The summed E-state index contributed by atoms with van der Waals surface area (Å²) in [5.74, 6) is -0.194. The molecule has 23 heavy (non-hydrogen) atoms. The van der Waals surface area contributed by atoms with Crippen LogP contribution in [0.15, 0.2) is 18.2 Å². The Morgan fingerprint density at radius 3 is 2.43 bits per heavy atom. The first-order chi connectivity index (χ1) is 10.6. The molecule has 0 amide bonds. The number of aromatic nitrogens is 1. The molecule has 7 heteroatoms. The van der Waals surface area contributed by atoms with E-state index in [1.807, 2.05) is 32.9 Å². The van der Waals surface area contributed by atoms with Gasteiger partial charge in [0.25, 0.3) is 10.1 Å². The van der Waals surface area contributed by atoms with Crippen LogP contribution in [-0.2, 0) is 36.9 Å². The molecule has 1 aromatic rings. The molecule has 0 aromatic carbocycles. The molecule has 6 nitrogen and oxygen atoms in total. The van der Waals surface area contributed by atoms with Crippen LogP contribution in [0, 0.1) is 0 Å². The van der Waals surface area contributed by atoms with Crippen molar-refractivity contribution in [3.05, 3.63) is 29.6 Å². The van der Waals surface area contributed by atoms with Gasteiger partial charge in [0.2, 0.25) is 0 Å². The second-order valence-corrected chi connectivity index (χ2v) is 8.02. The largest absolute Gasteiger partial charge is 0.460 e. The molecule has 130 valence electrons. The fourth-order valence-corrected chi connectivity index (χ4v) is 2.22. The van der Waals surface area contributed by atoms with Gasteiger partial charge in [-0.2, -0.15) is 8.42 Å². The minimum Gasteiger partial charge on any atom is -0.460 e. The Balaban J connectivity index is 2.37. The van der Waals surface area contributed by atoms with Gasteiger partial charge < -0.3 is 4.74 Å². The van der Waals surface area contributed by atoms with Crippen LogP contribution in [0.1, 0.15) is 51.4 Å². The number of carbonyl (C=O) groups is 1. The number of ether oxygens (including phenoxy) is 1. The quantitative estimate of drug-likeness (QED) is 0.410. The van der Waals surface area contributed by atoms with E-state index in [0.717, 1.165) is 31.2 Å². The lowest BCUT2D eigenvalue weighted by atomic mass is 10.1. The third kappa shape index (κ3) is 10.0. The van der Waals surface area contributed by atoms with E-state index in [1.54, 1.807) is 6.07 Å². The fraction of sp³-hybridized carbons (Fsp3) is 0.625. The van der Waals surface area contributed by atoms with Crippen molar-refractivity contribution in [3.8, 4) is 0 Å². The van der Waals surface area contributed by atoms with Crippen LogP contribution in [0.5, 0.6) is 0 Å². The lowest BCUT2D eigenvalue weighted by Gasteiger charge is -2.19. The number of pyridine rings is 1. The van der Waals surface area contributed by atoms with Crippen molar-refractivity contribution in [1.29, 1.82) is 0 Å². The van der Waals surface area contributed by atoms with E-state index in [2.05, 4.69) is 4.98 Å². The van der Waals surface area contributed by atoms with Gasteiger partial charge in [0, 0.05) is 12.1 Å². The predicted octanol–water partition coefficient (Wildman–Crippen LogP) is 2.61. The van der Waals surface area contributed by atoms with Crippen LogP contribution in [0.4, 0.5) is 0 Å². The van der Waals surface area contributed by atoms with Gasteiger partial charge in [0.15, 0.2) is 0 Å². The molecule has 0 saturated heterocycles. The van der Waals surface area contributed by atoms with E-state index in [0.29, 0.717) is 12.1 Å². The van der Waals surface area contributed by atoms with Crippen molar-refractivity contribution in [2.24, 2.45) is 0 Å². The topological polar surface area (TPSA) is 82.6 Å². The van der Waals surface area contributed by atoms with Gasteiger partial charge in [-0.1, -0.05) is 6.07 Å². The molecule has 0 aliphatic heterocycles. The Kier molecular flexibility index (Phi) is 7.15. The summed E-state index contributed by atoms with van der Waals surface area (Å²) in [6.07, 6.45) is 3.64. The van der Waals surface area contributed by atoms with E-state index >= 15 is 0 Å². The van der Waals surface area contributed by atoms with E-state index < -0.39 is 15.7 Å². The zero-order valence-corrected chi connectivity index (χ0v) is 15.0. The number of esters is 1. The van der Waals surface area contributed by atoms with Crippen molar-refractivity contribution in [2.45, 2.75) is 58.7 Å². The Morgan fingerprint density at radius 1 is 1.17 bits per heavy atom. The first kappa shape index (κ1) is 19.6. The fourth-order valence-electron chi connectivity index (χ4n) is 1.88. The number of aryl methyl sites for hydroxylation is 1. The zero-order chi connectivity index (χ0) is 17.5. The summed E-state index contributed by atoms with van der Waals surface area (Å²) in [7, 11) is -3.47. The highest BCUT2D eigenvalue weighted by atomic mass is 32.2. The van der Waals surface area contributed by atoms with Gasteiger partial charge in [-0.25, -0.2) is 0 Å². The van der Waals surface area contributed by atoms with Crippen LogP contribution in [0.25, 0.3) is 0 Å². The van der Waals surface area contributed by atoms with Crippen LogP contribution in [0.2, 0.25) is 0 Å². The SMILES string of the molecule is CC(C)(C)OC(=O)CCCCc1cccc(COS(C)(=O)=O)n1. The van der Waals surface area contributed by atoms with Gasteiger partial charge in [-0.05, 0) is 52.2 Å². The lowest BCUT2D eigenvalue weighted by Crippen LogP contribution is -2.23. The molecule has 0 unspecified atom stereocenters. The summed E-state index contributed by atoms with van der Waals surface area (Å²) in [4.78, 5) is 15.9. The molecular formula is C16H25NO5S. The van der Waals surface area contributed by atoms with Gasteiger partial charge in [0.05, 0.1) is 11.9 Å². The van der Waals surface area contributed by atoms with Crippen LogP contribution in [-0.4, -0.2) is 31.2 Å². The number of unbranched alkanes of at least 4 members (excludes halogenated alkanes) is 1. The Morgan fingerprint density at radius 2 is 1.83 bits per heavy atom. The lowest BCUT2D eigenvalue weighted by molar-refractivity contribution is -0.154. The number of hydrogen-bond donors (Lipinski definition) is 0. The summed E-state index contributed by atoms with van der Waals surface area (Å²) in [6.45, 7) is 5.47. The maximum atomic E-state index is 11.6. The predicted molar refractivity (Wildman–Crippen MR) is 87.3 cm³/mol. The minimum absolute atomic E-state index is 0.0649. The highest BCUT2D eigenvalue weighted by Gasteiger charge is 2.15. The number of rotatable bonds is 8. The number of hydrogen-bond acceptors (Lipinski definition) is 6. The van der Waals surface area contributed by atoms with E-state index in [9.17, 15) is 13.2 Å². The molecule has 0 aliphatic carbocycles. The van der Waals surface area contributed by atoms with E-state index in [-0.39, 0.29) is 12.6 Å². The molecule has 0 radical (unpaired) electrons. The molecule has 1 rings (SSSR count). The summed E-state index contributed by atoms with van der Waals surface area (Å²) in [5, 5.41) is 0. The Labute approximate surface area is 138 Å². The van der Waals surface area contributed by atoms with Crippen molar-refractivity contribution in [1.82, 2.24) is 4.98 Å². The molecule has 0 fully saturated rings. The van der Waals surface area contributed by atoms with Crippen molar-refractivity contribution in [2.75, 3.05) is 6.26 Å². The van der Waals surface area contributed by atoms with Gasteiger partial charge >= 0.3 is 5.97 Å². The second-order valence-electron chi connectivity index (χ2n) is 6.38. The molecular weight excluding hydrogens is 318 g/mol. The molecule has 0 aliphatic rings. The molecule has 0 atom stereocenters. The Bertz CT molecular complexity index is 620. The summed E-state index contributed by atoms with van der Waals surface area (Å²) < 4.78 is 31.9. The van der Waals surface area contributed by atoms with Gasteiger partial charge in [-0.3, -0.25) is 14.0 Å². The average Bonchev–Trinajstić information content (AvgIpc) is 2.39. The molecule has 1 aromatic heterocycles. The number of carbonyl (C=O) groups excluding carboxylic acids is 1. The first-order valence-corrected chi connectivity index (χ1v) is 9.38. The molecule has 0 bridgehead atoms. The van der Waals surface area contributed by atoms with Crippen molar-refractivity contribution in [3.63, 3.8) is 0 Å². The third-order valence-corrected chi connectivity index (χ3v) is 3.32. The molecule has 0 saturated carbocycles. The van der Waals surface area contributed by atoms with Gasteiger partial charge in [0.1, 0.15) is 12.2 Å². The minimum atomic E-state index is -3.47. The van der Waals surface area contributed by atoms with Crippen LogP contribution < -0.4 is 0 Å². The maximum absolute atomic E-state index is 11.6. The van der Waals surface area contributed by atoms with E-state index in [4.69, 9.17) is 8.92 Å². The smallest absolute Gasteiger partial charge is 0.306 e. The van der Waals surface area contributed by atoms with Crippen LogP contribution >= 0.6 is 0 Å². The number of nitrogens with zero attached hydrogens (tertiary/aromatic N) is 1. The standard InChI is InChI=1S/C16H25NO5S/c1-16(2,3)22-15(18)11-6-5-8-13-9-7-10-14(17-13)12-21-23(4,19)20/h7,9-10H,5-6,8,11-12H2,1-4H3. The summed E-state index contributed by atoms with van der Waals surface area (Å²) in [6, 6.07) is 5.41. The summed E-state index contributed by atoms with van der Waals surface area (Å²) in [5.41, 5.74) is 0.968. The van der Waals surface area contributed by atoms with Crippen LogP contribution in [0.3, 0.4) is 0 Å². The van der Waals surface area contributed by atoms with Gasteiger partial charge in [-0.15, -0.1) is 0 Å². The highest BCUT2D eigenvalue weighted by molar-refractivity contribution is 7.85. The average molecular weight is 343 g/mol. The van der Waals surface area contributed by atoms with Crippen molar-refractivity contribution >= 4 is 16.1 Å².